The van der Waals surface area contributed by atoms with Crippen molar-refractivity contribution in [3.05, 3.63) is 149 Å². The van der Waals surface area contributed by atoms with Crippen molar-refractivity contribution in [1.29, 1.82) is 10.5 Å². The Morgan fingerprint density at radius 1 is 0.550 bits per heavy atom. The second-order valence-corrected chi connectivity index (χ2v) is 29.1. The van der Waals surface area contributed by atoms with Crippen LogP contribution in [0.5, 0.6) is 28.7 Å². The molecule has 0 bridgehead atoms. The molecule has 5 amide bonds. The van der Waals surface area contributed by atoms with Gasteiger partial charge in [-0.1, -0.05) is 6.07 Å². The fraction of sp³-hybridized carbons (Fsp3) is 0.446. The van der Waals surface area contributed by atoms with Gasteiger partial charge < -0.3 is 83.5 Å². The zero-order valence-corrected chi connectivity index (χ0v) is 67.3. The number of hydrogen-bond acceptors (Lipinski definition) is 26. The Morgan fingerprint density at radius 2 is 0.899 bits per heavy atom. The van der Waals surface area contributed by atoms with Gasteiger partial charge in [0.15, 0.2) is 11.4 Å². The maximum atomic E-state index is 12.6. The lowest BCUT2D eigenvalue weighted by Crippen LogP contribution is -2.47. The summed E-state index contributed by atoms with van der Waals surface area (Å²) in [6.45, 7) is 17.3. The quantitative estimate of drug-likeness (QED) is 0.0444. The van der Waals surface area contributed by atoms with Crippen LogP contribution in [0.25, 0.3) is 0 Å². The van der Waals surface area contributed by atoms with E-state index >= 15 is 0 Å². The number of aliphatic hydroxyl groups is 1. The van der Waals surface area contributed by atoms with E-state index in [1.54, 1.807) is 34.2 Å². The molecule has 4 aliphatic rings. The summed E-state index contributed by atoms with van der Waals surface area (Å²) in [5.41, 5.74) is 3.55. The van der Waals surface area contributed by atoms with Crippen molar-refractivity contribution in [2.75, 3.05) is 88.5 Å². The van der Waals surface area contributed by atoms with Crippen LogP contribution in [0.4, 0.5) is 9.59 Å². The van der Waals surface area contributed by atoms with Crippen molar-refractivity contribution in [1.82, 2.24) is 55.6 Å². The Labute approximate surface area is 656 Å². The van der Waals surface area contributed by atoms with Crippen molar-refractivity contribution in [2.24, 2.45) is 0 Å². The number of carbonyl (C=O) groups is 8. The van der Waals surface area contributed by atoms with E-state index in [0.29, 0.717) is 112 Å². The van der Waals surface area contributed by atoms with Crippen molar-refractivity contribution >= 4 is 95.6 Å². The summed E-state index contributed by atoms with van der Waals surface area (Å²) in [6, 6.07) is 14.8. The molecule has 3 fully saturated rings. The lowest BCUT2D eigenvalue weighted by Gasteiger charge is -2.33. The zero-order valence-electron chi connectivity index (χ0n) is 62.6. The molecule has 6 aromatic rings. The van der Waals surface area contributed by atoms with Crippen molar-refractivity contribution in [2.45, 2.75) is 129 Å². The average Bonchev–Trinajstić information content (AvgIpc) is 1.68. The predicted molar refractivity (Wildman–Crippen MR) is 404 cm³/mol. The number of nitrogens with zero attached hydrogens (tertiary/aromatic N) is 10. The third kappa shape index (κ3) is 26.2. The summed E-state index contributed by atoms with van der Waals surface area (Å²) < 4.78 is 47.6. The highest BCUT2D eigenvalue weighted by Gasteiger charge is 2.32. The van der Waals surface area contributed by atoms with E-state index in [9.17, 15) is 43.5 Å². The first-order valence-corrected chi connectivity index (χ1v) is 36.4. The molecule has 35 heteroatoms. The number of fused-ring (bicyclic) bond motifs is 1. The van der Waals surface area contributed by atoms with E-state index in [4.69, 9.17) is 53.5 Å². The average molecular weight is 1700 g/mol. The van der Waals surface area contributed by atoms with E-state index in [0.717, 1.165) is 42.6 Å². The molecule has 0 radical (unpaired) electrons. The van der Waals surface area contributed by atoms with E-state index in [1.807, 2.05) is 60.6 Å². The monoisotopic (exact) mass is 1700 g/mol. The molecule has 5 N–H and O–H groups in total. The summed E-state index contributed by atoms with van der Waals surface area (Å²) in [5.74, 6) is -0.546. The minimum Gasteiger partial charge on any atom is -0.495 e. The highest BCUT2D eigenvalue weighted by atomic mass is 79.9. The Bertz CT molecular complexity index is 4310. The number of cyclic esters (lactones) is 1. The van der Waals surface area contributed by atoms with Gasteiger partial charge in [0.25, 0.3) is 17.7 Å². The van der Waals surface area contributed by atoms with Crippen LogP contribution in [0, 0.1) is 29.6 Å². The number of aromatic carboxylic acids is 1. The van der Waals surface area contributed by atoms with Crippen molar-refractivity contribution < 1.29 is 91.2 Å². The summed E-state index contributed by atoms with van der Waals surface area (Å²) in [4.78, 5) is 120. The molecule has 0 saturated carbocycles. The SMILES string of the molecule is COC(=O)c1cc(OC)c(Br)cn1.COc1cc(C(=O)NC2CCN(C(=O)OC(C)(C)C)CC2)ncc1Br.COc1cc(C(=O)NC2CCN(C(=O)OC(C)(C)C)CC2)ncc1C#N.COc1cc(C(=O)NC2CCN(C[C@H](O)c3ccc4c(c3C)COC4=O)CC2)ncc1C#N.COc1cc(C(=O)O)ncc1Br. The number of aromatic nitrogens is 5. The molecule has 109 heavy (non-hydrogen) atoms. The van der Waals surface area contributed by atoms with Crippen molar-refractivity contribution in [3.63, 3.8) is 0 Å². The smallest absolute Gasteiger partial charge is 0.410 e. The fourth-order valence-corrected chi connectivity index (χ4v) is 12.1. The van der Waals surface area contributed by atoms with Gasteiger partial charge in [-0.25, -0.2) is 48.9 Å². The number of β-amino-alcohol motifs (C(OH)–C–C–N with tert-alkyl or cyclic N) is 1. The summed E-state index contributed by atoms with van der Waals surface area (Å²) >= 11 is 9.69. The normalized spacial score (nSPS) is 14.5. The van der Waals surface area contributed by atoms with E-state index in [-0.39, 0.29) is 94.5 Å². The lowest BCUT2D eigenvalue weighted by atomic mass is 9.94. The van der Waals surface area contributed by atoms with Gasteiger partial charge in [-0.2, -0.15) is 10.5 Å². The molecule has 0 aliphatic carbocycles. The van der Waals surface area contributed by atoms with Crippen LogP contribution in [0.15, 0.2) is 86.9 Å². The molecule has 9 heterocycles. The van der Waals surface area contributed by atoms with Crippen LogP contribution in [0.2, 0.25) is 0 Å². The largest absolute Gasteiger partial charge is 0.495 e. The van der Waals surface area contributed by atoms with E-state index < -0.39 is 29.2 Å². The summed E-state index contributed by atoms with van der Waals surface area (Å²) in [6.07, 6.45) is 9.89. The van der Waals surface area contributed by atoms with Gasteiger partial charge in [0, 0.05) is 131 Å². The molecule has 1 atom stereocenters. The van der Waals surface area contributed by atoms with Gasteiger partial charge in [0.1, 0.15) is 86.9 Å². The number of carboxylic acid groups (broad SMARTS) is 1. The van der Waals surface area contributed by atoms with Gasteiger partial charge in [-0.3, -0.25) is 14.4 Å². The van der Waals surface area contributed by atoms with Crippen molar-refractivity contribution in [3.8, 4) is 40.9 Å². The number of amides is 5. The molecule has 584 valence electrons. The standard InChI is InChI=1S/C24H26N4O5.C18H24N4O4.C17H24BrN3O4.C8H8BrNO3.C7H6BrNO3/c1-14-17(3-4-18-19(14)13-33-24(18)31)21(29)12-28-7-5-16(6-8-28)27-23(30)20-9-22(32-2)15(10-25)11-26-20;1-18(2,3)26-17(24)22-7-5-13(6-8-22)21-16(23)14-9-15(25-4)12(10-19)11-20-14;1-17(2,3)25-16(23)21-7-5-11(6-8-21)20-15(22)13-9-14(24-4)12(18)10-19-13;1-12-7-3-6(8(11)13-2)10-4-5(7)9;1-12-6-2-5(7(10)11)9-3-4(6)8/h3-4,9,11,16,21,29H,5-8,12-13H2,1-2H3,(H,27,30);9,11,13H,5-8H2,1-4H3,(H,21,23);9-11H,5-8H2,1-4H3,(H,20,22);3-4H,1-2H3;2-3H,1H3,(H,10,11)/t21-;;;;/m0..../s1. The number of carbonyl (C=O) groups excluding carboxylic acids is 7. The van der Waals surface area contributed by atoms with Gasteiger partial charge in [-0.15, -0.1) is 0 Å². The molecule has 0 spiro atoms. The van der Waals surface area contributed by atoms with Crippen LogP contribution in [-0.2, 0) is 25.6 Å². The molecular weight excluding hydrogens is 1610 g/mol. The topological polar surface area (TPSA) is 418 Å². The maximum Gasteiger partial charge on any atom is 0.410 e. The number of hydrogen-bond donors (Lipinski definition) is 5. The molecule has 3 saturated heterocycles. The third-order valence-corrected chi connectivity index (χ3v) is 18.5. The second-order valence-electron chi connectivity index (χ2n) is 26.5. The lowest BCUT2D eigenvalue weighted by molar-refractivity contribution is 0.0187. The second kappa shape index (κ2) is 41.3. The number of nitriles is 2. The minimum atomic E-state index is -1.07. The number of halogens is 3. The Kier molecular flexibility index (Phi) is 33.2. The number of esters is 2. The number of pyridine rings is 5. The first kappa shape index (κ1) is 87.6. The van der Waals surface area contributed by atoms with Gasteiger partial charge in [0.2, 0.25) is 0 Å². The zero-order chi connectivity index (χ0) is 80.4. The van der Waals surface area contributed by atoms with Crippen LogP contribution in [-0.4, -0.2) is 215 Å². The molecular formula is C74H88Br3N13O19. The predicted octanol–water partition coefficient (Wildman–Crippen LogP) is 10.1. The summed E-state index contributed by atoms with van der Waals surface area (Å²) in [5, 5.41) is 46.3. The molecule has 0 unspecified atom stereocenters. The molecule has 10 rings (SSSR count). The van der Waals surface area contributed by atoms with Gasteiger partial charge in [0.05, 0.1) is 67.7 Å². The highest BCUT2D eigenvalue weighted by molar-refractivity contribution is 9.11. The first-order chi connectivity index (χ1) is 51.7. The fourth-order valence-electron chi connectivity index (χ4n) is 11.0. The van der Waals surface area contributed by atoms with Crippen LogP contribution < -0.4 is 39.6 Å². The van der Waals surface area contributed by atoms with E-state index in [2.05, 4.69) is 98.3 Å². The Balaban J connectivity index is 0.000000223. The number of benzene rings is 1. The van der Waals surface area contributed by atoms with Crippen LogP contribution in [0.3, 0.4) is 0 Å². The molecule has 32 nitrogen and oxygen atoms in total. The highest BCUT2D eigenvalue weighted by Crippen LogP contribution is 2.32. The maximum absolute atomic E-state index is 12.6. The number of ether oxygens (including phenoxy) is 9. The number of rotatable bonds is 16. The van der Waals surface area contributed by atoms with Crippen LogP contribution in [0.1, 0.15) is 177 Å². The summed E-state index contributed by atoms with van der Waals surface area (Å²) in [7, 11) is 8.70. The molecule has 5 aromatic heterocycles. The Morgan fingerprint density at radius 3 is 1.27 bits per heavy atom. The Hall–Kier alpha value is -10.3. The molecule has 4 aliphatic heterocycles. The third-order valence-electron chi connectivity index (χ3n) is 16.7. The van der Waals surface area contributed by atoms with E-state index in [1.165, 1.54) is 91.7 Å². The molecule has 1 aromatic carbocycles. The number of methoxy groups -OCH3 is 6. The number of aliphatic hydroxyl groups excluding tert-OH is 1. The number of piperidine rings is 3. The number of likely N-dealkylation sites (tertiary alicyclic amines) is 3. The first-order valence-electron chi connectivity index (χ1n) is 34.0. The van der Waals surface area contributed by atoms with Crippen LogP contribution >= 0.6 is 47.8 Å². The van der Waals surface area contributed by atoms with Gasteiger partial charge in [-0.05, 0) is 152 Å². The number of nitrogens with one attached hydrogen (secondary N) is 3. The van der Waals surface area contributed by atoms with Gasteiger partial charge >= 0.3 is 30.1 Å². The minimum absolute atomic E-state index is 0.000720. The number of carboxylic acids is 1.